The smallest absolute Gasteiger partial charge is 0.140 e. The molecule has 162 valence electrons. The molecule has 8 heteroatoms. The van der Waals surface area contributed by atoms with Crippen LogP contribution < -0.4 is 15.8 Å². The van der Waals surface area contributed by atoms with Gasteiger partial charge in [0.2, 0.25) is 0 Å². The van der Waals surface area contributed by atoms with Crippen molar-refractivity contribution in [2.24, 2.45) is 10.7 Å². The molecule has 0 atom stereocenters. The number of imidazole rings is 1. The van der Waals surface area contributed by atoms with Crippen molar-refractivity contribution in [3.63, 3.8) is 0 Å². The van der Waals surface area contributed by atoms with Crippen LogP contribution in [0.1, 0.15) is 18.1 Å². The number of ether oxygens (including phenoxy) is 1. The first-order valence-corrected chi connectivity index (χ1v) is 10.3. The maximum Gasteiger partial charge on any atom is 0.140 e. The largest absolute Gasteiger partial charge is 0.497 e. The summed E-state index contributed by atoms with van der Waals surface area (Å²) in [7, 11) is 1.64. The summed E-state index contributed by atoms with van der Waals surface area (Å²) in [5.41, 5.74) is 11.2. The zero-order chi connectivity index (χ0) is 22.3. The summed E-state index contributed by atoms with van der Waals surface area (Å²) in [6.45, 7) is 3.35. The summed E-state index contributed by atoms with van der Waals surface area (Å²) in [6, 6.07) is 13.9. The van der Waals surface area contributed by atoms with E-state index in [0.29, 0.717) is 6.54 Å². The van der Waals surface area contributed by atoms with Crippen LogP contribution in [0.2, 0.25) is 0 Å². The van der Waals surface area contributed by atoms with Gasteiger partial charge < -0.3 is 15.8 Å². The van der Waals surface area contributed by atoms with Crippen LogP contribution in [-0.4, -0.2) is 39.2 Å². The Morgan fingerprint density at radius 1 is 1.16 bits per heavy atom. The molecule has 4 rings (SSSR count). The molecule has 3 aromatic heterocycles. The van der Waals surface area contributed by atoms with Crippen molar-refractivity contribution >= 4 is 23.3 Å². The van der Waals surface area contributed by atoms with Crippen molar-refractivity contribution < 1.29 is 4.74 Å². The number of methoxy groups -OCH3 is 1. The number of pyridine rings is 1. The number of nitrogens with one attached hydrogen (secondary N) is 1. The van der Waals surface area contributed by atoms with Gasteiger partial charge in [0.05, 0.1) is 24.7 Å². The van der Waals surface area contributed by atoms with E-state index < -0.39 is 0 Å². The van der Waals surface area contributed by atoms with Crippen molar-refractivity contribution in [1.29, 1.82) is 0 Å². The maximum atomic E-state index is 5.73. The number of aliphatic imine (C=N–C) groups is 1. The first kappa shape index (κ1) is 21.0. The molecule has 1 aromatic carbocycles. The topological polar surface area (TPSA) is 103 Å². The van der Waals surface area contributed by atoms with Gasteiger partial charge in [0.25, 0.3) is 0 Å². The lowest BCUT2D eigenvalue weighted by Gasteiger charge is -2.08. The number of rotatable bonds is 8. The van der Waals surface area contributed by atoms with Gasteiger partial charge in [0.15, 0.2) is 0 Å². The molecule has 0 amide bonds. The first-order valence-electron chi connectivity index (χ1n) is 10.3. The van der Waals surface area contributed by atoms with Gasteiger partial charge in [-0.1, -0.05) is 24.3 Å². The quantitative estimate of drug-likeness (QED) is 0.415. The molecule has 3 heterocycles. The second-order valence-electron chi connectivity index (χ2n) is 7.03. The normalized spacial score (nSPS) is 11.9. The molecule has 0 radical (unpaired) electrons. The number of nitrogens with two attached hydrogens (primary N) is 1. The number of nitrogens with zero attached hydrogens (tertiary/aromatic N) is 5. The Kier molecular flexibility index (Phi) is 6.41. The molecule has 0 aliphatic rings. The summed E-state index contributed by atoms with van der Waals surface area (Å²) >= 11 is 0. The monoisotopic (exact) mass is 427 g/mol. The van der Waals surface area contributed by atoms with E-state index in [1.807, 2.05) is 47.9 Å². The fourth-order valence-electron chi connectivity index (χ4n) is 3.28. The Morgan fingerprint density at radius 3 is 2.75 bits per heavy atom. The highest BCUT2D eigenvalue weighted by atomic mass is 16.5. The number of hydrogen-bond donors (Lipinski definition) is 2. The summed E-state index contributed by atoms with van der Waals surface area (Å²) in [5.74, 6) is 1.50. The average Bonchev–Trinajstić information content (AvgIpc) is 3.27. The van der Waals surface area contributed by atoms with E-state index >= 15 is 0 Å². The first-order chi connectivity index (χ1) is 15.7. The average molecular weight is 428 g/mol. The number of fused-ring (bicyclic) bond motifs is 1. The van der Waals surface area contributed by atoms with Gasteiger partial charge in [-0.25, -0.2) is 15.0 Å². The molecule has 4 aromatic rings. The van der Waals surface area contributed by atoms with E-state index in [4.69, 9.17) is 10.5 Å². The third-order valence-corrected chi connectivity index (χ3v) is 5.00. The van der Waals surface area contributed by atoms with Crippen LogP contribution in [0.15, 0.2) is 72.4 Å². The highest BCUT2D eigenvalue weighted by molar-refractivity contribution is 6.09. The Labute approximate surface area is 186 Å². The molecular weight excluding hydrogens is 402 g/mol. The lowest BCUT2D eigenvalue weighted by molar-refractivity contribution is 0.414. The predicted octanol–water partition coefficient (Wildman–Crippen LogP) is 3.80. The van der Waals surface area contributed by atoms with Crippen LogP contribution in [0, 0.1) is 0 Å². The molecule has 32 heavy (non-hydrogen) atoms. The van der Waals surface area contributed by atoms with Crippen LogP contribution in [0.3, 0.4) is 0 Å². The third kappa shape index (κ3) is 4.59. The van der Waals surface area contributed by atoms with Gasteiger partial charge in [-0.3, -0.25) is 9.39 Å². The molecule has 0 unspecified atom stereocenters. The van der Waals surface area contributed by atoms with Gasteiger partial charge in [0.1, 0.15) is 23.5 Å². The minimum Gasteiger partial charge on any atom is -0.497 e. The van der Waals surface area contributed by atoms with Crippen LogP contribution >= 0.6 is 0 Å². The summed E-state index contributed by atoms with van der Waals surface area (Å²) < 4.78 is 7.24. The maximum absolute atomic E-state index is 5.73. The molecule has 3 N–H and O–H groups in total. The van der Waals surface area contributed by atoms with Crippen molar-refractivity contribution in [3.8, 4) is 17.1 Å². The highest BCUT2D eigenvalue weighted by Crippen LogP contribution is 2.23. The molecule has 0 bridgehead atoms. The minimum absolute atomic E-state index is 0.631. The lowest BCUT2D eigenvalue weighted by atomic mass is 10.1. The third-order valence-electron chi connectivity index (χ3n) is 5.00. The second-order valence-corrected chi connectivity index (χ2v) is 7.03. The summed E-state index contributed by atoms with van der Waals surface area (Å²) in [4.78, 5) is 17.5. The van der Waals surface area contributed by atoms with Gasteiger partial charge in [-0.2, -0.15) is 0 Å². The Bertz CT molecular complexity index is 1260. The second kappa shape index (κ2) is 9.74. The van der Waals surface area contributed by atoms with E-state index in [1.54, 1.807) is 32.0 Å². The lowest BCUT2D eigenvalue weighted by Crippen LogP contribution is -2.03. The van der Waals surface area contributed by atoms with Gasteiger partial charge in [-0.05, 0) is 24.1 Å². The standard InChI is InChI=1S/C24H25N7O/c1-3-26-14-19(12-25)18-6-4-17(5-7-18)13-27-23-11-21(29-16-30-23)22-15-28-24-10-20(32-2)8-9-31(22)24/h4-12,14-16H,3,13,25H2,1-2H3,(H,27,29,30). The van der Waals surface area contributed by atoms with E-state index in [-0.39, 0.29) is 0 Å². The van der Waals surface area contributed by atoms with E-state index in [0.717, 1.165) is 51.8 Å². The van der Waals surface area contributed by atoms with Crippen LogP contribution in [-0.2, 0) is 6.54 Å². The number of benzene rings is 1. The van der Waals surface area contributed by atoms with Gasteiger partial charge >= 0.3 is 0 Å². The highest BCUT2D eigenvalue weighted by Gasteiger charge is 2.09. The summed E-state index contributed by atoms with van der Waals surface area (Å²) in [5, 5.41) is 3.36. The number of anilines is 1. The SMILES string of the molecule is CCN=CC(=CN)c1ccc(CNc2cc(-c3cnc4cc(OC)ccn34)ncn2)cc1. The molecular formula is C24H25N7O. The van der Waals surface area contributed by atoms with Crippen molar-refractivity contribution in [2.45, 2.75) is 13.5 Å². The minimum atomic E-state index is 0.631. The Morgan fingerprint density at radius 2 is 2.00 bits per heavy atom. The van der Waals surface area contributed by atoms with Crippen LogP contribution in [0.25, 0.3) is 22.6 Å². The number of allylic oxidation sites excluding steroid dienone is 1. The van der Waals surface area contributed by atoms with Crippen LogP contribution in [0.4, 0.5) is 5.82 Å². The molecule has 0 saturated heterocycles. The predicted molar refractivity (Wildman–Crippen MR) is 128 cm³/mol. The summed E-state index contributed by atoms with van der Waals surface area (Å²) in [6.07, 6.45) is 8.64. The van der Waals surface area contributed by atoms with Crippen molar-refractivity contribution in [1.82, 2.24) is 19.4 Å². The number of aromatic nitrogens is 4. The number of hydrogen-bond acceptors (Lipinski definition) is 7. The molecule has 0 aliphatic carbocycles. The van der Waals surface area contributed by atoms with Crippen molar-refractivity contribution in [3.05, 3.63) is 78.5 Å². The van der Waals surface area contributed by atoms with Gasteiger partial charge in [0, 0.05) is 49.4 Å². The molecule has 8 nitrogen and oxygen atoms in total. The Hall–Kier alpha value is -4.20. The molecule has 0 aliphatic heterocycles. The Balaban J connectivity index is 1.48. The van der Waals surface area contributed by atoms with E-state index in [1.165, 1.54) is 0 Å². The van der Waals surface area contributed by atoms with Gasteiger partial charge in [-0.15, -0.1) is 0 Å². The fourth-order valence-corrected chi connectivity index (χ4v) is 3.28. The van der Waals surface area contributed by atoms with Crippen molar-refractivity contribution in [2.75, 3.05) is 19.0 Å². The molecule has 0 spiro atoms. The van der Waals surface area contributed by atoms with E-state index in [9.17, 15) is 0 Å². The zero-order valence-corrected chi connectivity index (χ0v) is 18.1. The van der Waals surface area contributed by atoms with Crippen LogP contribution in [0.5, 0.6) is 5.75 Å². The fraction of sp³-hybridized carbons (Fsp3) is 0.167. The molecule has 0 saturated carbocycles. The molecule has 0 fully saturated rings. The zero-order valence-electron chi connectivity index (χ0n) is 18.1. The van der Waals surface area contributed by atoms with E-state index in [2.05, 4.69) is 37.4 Å².